The van der Waals surface area contributed by atoms with E-state index in [9.17, 15) is 9.59 Å². The Bertz CT molecular complexity index is 1070. The standard InChI is InChI=1S/C23H25N3O4/c1-25(14-18-16-29-11-12-30-18)22(27)15-26-23(28)20-10-6-5-9-19(20)21(24-26)13-17-7-3-2-4-8-17/h2-10,18H,11-16H2,1H3. The van der Waals surface area contributed by atoms with Crippen LogP contribution in [0.4, 0.5) is 0 Å². The highest BCUT2D eigenvalue weighted by molar-refractivity contribution is 5.84. The number of rotatable bonds is 6. The molecule has 7 nitrogen and oxygen atoms in total. The Morgan fingerprint density at radius 3 is 2.57 bits per heavy atom. The Morgan fingerprint density at radius 2 is 1.83 bits per heavy atom. The number of hydrogen-bond acceptors (Lipinski definition) is 5. The summed E-state index contributed by atoms with van der Waals surface area (Å²) >= 11 is 0. The van der Waals surface area contributed by atoms with Crippen LogP contribution in [0.15, 0.2) is 59.4 Å². The maximum Gasteiger partial charge on any atom is 0.275 e. The van der Waals surface area contributed by atoms with Gasteiger partial charge in [-0.3, -0.25) is 9.59 Å². The van der Waals surface area contributed by atoms with Crippen LogP contribution in [0.25, 0.3) is 10.8 Å². The van der Waals surface area contributed by atoms with E-state index in [-0.39, 0.29) is 24.1 Å². The third-order valence-electron chi connectivity index (χ3n) is 5.23. The third-order valence-corrected chi connectivity index (χ3v) is 5.23. The molecule has 4 rings (SSSR count). The fourth-order valence-electron chi connectivity index (χ4n) is 3.63. The summed E-state index contributed by atoms with van der Waals surface area (Å²) in [7, 11) is 1.71. The zero-order chi connectivity index (χ0) is 20.9. The van der Waals surface area contributed by atoms with E-state index in [2.05, 4.69) is 5.10 Å². The zero-order valence-electron chi connectivity index (χ0n) is 17.0. The Kier molecular flexibility index (Phi) is 6.21. The van der Waals surface area contributed by atoms with Crippen LogP contribution in [0.3, 0.4) is 0 Å². The topological polar surface area (TPSA) is 73.7 Å². The van der Waals surface area contributed by atoms with Crippen LogP contribution in [-0.2, 0) is 27.2 Å². The lowest BCUT2D eigenvalue weighted by atomic mass is 10.0. The van der Waals surface area contributed by atoms with Crippen molar-refractivity contribution in [2.75, 3.05) is 33.4 Å². The first kappa shape index (κ1) is 20.3. The van der Waals surface area contributed by atoms with Gasteiger partial charge in [0.1, 0.15) is 6.54 Å². The van der Waals surface area contributed by atoms with Crippen molar-refractivity contribution in [3.05, 3.63) is 76.2 Å². The van der Waals surface area contributed by atoms with Crippen molar-refractivity contribution in [3.63, 3.8) is 0 Å². The lowest BCUT2D eigenvalue weighted by Gasteiger charge is -2.27. The molecule has 3 aromatic rings. The molecule has 1 aliphatic rings. The van der Waals surface area contributed by atoms with Gasteiger partial charge >= 0.3 is 0 Å². The molecule has 0 spiro atoms. The number of carbonyl (C=O) groups excluding carboxylic acids is 1. The highest BCUT2D eigenvalue weighted by atomic mass is 16.6. The molecule has 0 N–H and O–H groups in total. The van der Waals surface area contributed by atoms with Crippen molar-refractivity contribution < 1.29 is 14.3 Å². The quantitative estimate of drug-likeness (QED) is 0.624. The van der Waals surface area contributed by atoms with Crippen LogP contribution in [0.5, 0.6) is 0 Å². The smallest absolute Gasteiger partial charge is 0.275 e. The van der Waals surface area contributed by atoms with Gasteiger partial charge in [-0.1, -0.05) is 48.5 Å². The minimum atomic E-state index is -0.263. The zero-order valence-corrected chi connectivity index (χ0v) is 17.0. The number of nitrogens with zero attached hydrogens (tertiary/aromatic N) is 3. The number of aromatic nitrogens is 2. The van der Waals surface area contributed by atoms with E-state index < -0.39 is 0 Å². The average Bonchev–Trinajstić information content (AvgIpc) is 2.78. The summed E-state index contributed by atoms with van der Waals surface area (Å²) in [5.74, 6) is -0.195. The molecular weight excluding hydrogens is 382 g/mol. The molecule has 1 saturated heterocycles. The number of fused-ring (bicyclic) bond motifs is 1. The predicted molar refractivity (Wildman–Crippen MR) is 113 cm³/mol. The Morgan fingerprint density at radius 1 is 1.10 bits per heavy atom. The minimum Gasteiger partial charge on any atom is -0.376 e. The van der Waals surface area contributed by atoms with Crippen LogP contribution >= 0.6 is 0 Å². The van der Waals surface area contributed by atoms with Gasteiger partial charge in [-0.15, -0.1) is 0 Å². The summed E-state index contributed by atoms with van der Waals surface area (Å²) in [5, 5.41) is 5.95. The molecule has 7 heteroatoms. The van der Waals surface area contributed by atoms with Crippen LogP contribution in [0.1, 0.15) is 11.3 Å². The van der Waals surface area contributed by atoms with Crippen molar-refractivity contribution in [2.45, 2.75) is 19.1 Å². The molecule has 1 atom stereocenters. The number of ether oxygens (including phenoxy) is 2. The minimum absolute atomic E-state index is 0.116. The number of likely N-dealkylation sites (N-methyl/N-ethyl adjacent to an activating group) is 1. The van der Waals surface area contributed by atoms with E-state index in [0.717, 1.165) is 16.6 Å². The lowest BCUT2D eigenvalue weighted by molar-refractivity contribution is -0.137. The first-order chi connectivity index (χ1) is 14.6. The molecule has 2 aromatic carbocycles. The predicted octanol–water partition coefficient (Wildman–Crippen LogP) is 1.86. The van der Waals surface area contributed by atoms with Gasteiger partial charge in [0.05, 0.1) is 37.0 Å². The van der Waals surface area contributed by atoms with Crippen molar-refractivity contribution in [1.29, 1.82) is 0 Å². The lowest BCUT2D eigenvalue weighted by Crippen LogP contribution is -2.43. The van der Waals surface area contributed by atoms with Gasteiger partial charge in [-0.05, 0) is 11.6 Å². The van der Waals surface area contributed by atoms with Crippen LogP contribution in [-0.4, -0.2) is 60.1 Å². The van der Waals surface area contributed by atoms with Crippen molar-refractivity contribution in [1.82, 2.24) is 14.7 Å². The van der Waals surface area contributed by atoms with Crippen molar-refractivity contribution in [2.24, 2.45) is 0 Å². The summed E-state index contributed by atoms with van der Waals surface area (Å²) in [6.45, 7) is 1.87. The monoisotopic (exact) mass is 407 g/mol. The molecule has 1 aromatic heterocycles. The molecule has 1 unspecified atom stereocenters. The van der Waals surface area contributed by atoms with Gasteiger partial charge in [0.15, 0.2) is 0 Å². The molecule has 1 fully saturated rings. The Labute approximate surface area is 174 Å². The summed E-state index contributed by atoms with van der Waals surface area (Å²) in [5.41, 5.74) is 1.61. The summed E-state index contributed by atoms with van der Waals surface area (Å²) in [6.07, 6.45) is 0.432. The number of amides is 1. The Balaban J connectivity index is 1.59. The molecule has 30 heavy (non-hydrogen) atoms. The van der Waals surface area contributed by atoms with E-state index in [1.807, 2.05) is 48.5 Å². The molecule has 0 saturated carbocycles. The second-order valence-corrected chi connectivity index (χ2v) is 7.46. The largest absolute Gasteiger partial charge is 0.376 e. The second-order valence-electron chi connectivity index (χ2n) is 7.46. The molecule has 0 aliphatic carbocycles. The Hall–Kier alpha value is -3.03. The second kappa shape index (κ2) is 9.19. The van der Waals surface area contributed by atoms with Crippen molar-refractivity contribution in [3.8, 4) is 0 Å². The van der Waals surface area contributed by atoms with Gasteiger partial charge in [0, 0.05) is 25.4 Å². The molecule has 1 amide bonds. The molecule has 156 valence electrons. The number of hydrogen-bond donors (Lipinski definition) is 0. The first-order valence-electron chi connectivity index (χ1n) is 10.1. The van der Waals surface area contributed by atoms with E-state index in [4.69, 9.17) is 9.47 Å². The normalized spacial score (nSPS) is 16.5. The van der Waals surface area contributed by atoms with Crippen molar-refractivity contribution >= 4 is 16.7 Å². The molecule has 0 radical (unpaired) electrons. The third kappa shape index (κ3) is 4.58. The van der Waals surface area contributed by atoms with Gasteiger partial charge < -0.3 is 14.4 Å². The highest BCUT2D eigenvalue weighted by Gasteiger charge is 2.21. The fraction of sp³-hybridized carbons (Fsp3) is 0.348. The number of carbonyl (C=O) groups is 1. The van der Waals surface area contributed by atoms with E-state index in [1.54, 1.807) is 18.0 Å². The fourth-order valence-corrected chi connectivity index (χ4v) is 3.63. The van der Waals surface area contributed by atoms with Gasteiger partial charge in [-0.25, -0.2) is 4.68 Å². The molecular formula is C23H25N3O4. The molecule has 0 bridgehead atoms. The molecule has 2 heterocycles. The first-order valence-corrected chi connectivity index (χ1v) is 10.1. The molecule has 1 aliphatic heterocycles. The summed E-state index contributed by atoms with van der Waals surface area (Å²) < 4.78 is 12.3. The van der Waals surface area contributed by atoms with Crippen LogP contribution < -0.4 is 5.56 Å². The average molecular weight is 407 g/mol. The summed E-state index contributed by atoms with van der Waals surface area (Å²) in [6, 6.07) is 17.4. The maximum atomic E-state index is 13.0. The summed E-state index contributed by atoms with van der Waals surface area (Å²) in [4.78, 5) is 27.3. The maximum absolute atomic E-state index is 13.0. The van der Waals surface area contributed by atoms with Crippen LogP contribution in [0, 0.1) is 0 Å². The number of benzene rings is 2. The van der Waals surface area contributed by atoms with Gasteiger partial charge in [0.2, 0.25) is 5.91 Å². The highest BCUT2D eigenvalue weighted by Crippen LogP contribution is 2.17. The van der Waals surface area contributed by atoms with E-state index in [1.165, 1.54) is 4.68 Å². The van der Waals surface area contributed by atoms with Gasteiger partial charge in [-0.2, -0.15) is 5.10 Å². The SMILES string of the molecule is CN(CC1COCCO1)C(=O)Cn1nc(Cc2ccccc2)c2ccccc2c1=O. The van der Waals surface area contributed by atoms with E-state index >= 15 is 0 Å². The van der Waals surface area contributed by atoms with Crippen LogP contribution in [0.2, 0.25) is 0 Å². The van der Waals surface area contributed by atoms with E-state index in [0.29, 0.717) is 38.2 Å². The van der Waals surface area contributed by atoms with Gasteiger partial charge in [0.25, 0.3) is 5.56 Å².